The van der Waals surface area contributed by atoms with Crippen LogP contribution in [0, 0.1) is 126 Å². The van der Waals surface area contributed by atoms with E-state index in [0.29, 0.717) is 149 Å². The number of esters is 5. The molecule has 5 aromatic rings. The van der Waals surface area contributed by atoms with Gasteiger partial charge < -0.3 is 33.9 Å². The van der Waals surface area contributed by atoms with Gasteiger partial charge in [0.25, 0.3) is 0 Å². The lowest BCUT2D eigenvalue weighted by Crippen LogP contribution is -2.51. The first-order chi connectivity index (χ1) is 68.1. The maximum absolute atomic E-state index is 12.7. The second-order valence-corrected chi connectivity index (χ2v) is 50.5. The molecule has 18 aliphatic rings. The number of allylic oxidation sites excluding steroid dienone is 3. The topological polar surface area (TPSA) is 223 Å². The Morgan fingerprint density at radius 2 is 0.704 bits per heavy atom. The molecule has 28 atom stereocenters. The number of ketones is 3. The maximum Gasteiger partial charge on any atom is 0.343 e. The Kier molecular flexibility index (Phi) is 29.9. The van der Waals surface area contributed by atoms with Crippen molar-refractivity contribution in [3.63, 3.8) is 0 Å². The van der Waals surface area contributed by atoms with Crippen molar-refractivity contribution >= 4 is 47.2 Å². The first kappa shape index (κ1) is 102. The first-order valence-electron chi connectivity index (χ1n) is 56.6. The molecular formula is C127H166O15. The maximum atomic E-state index is 12.7. The van der Waals surface area contributed by atoms with E-state index in [1.807, 2.05) is 97.9 Å². The van der Waals surface area contributed by atoms with Crippen molar-refractivity contribution in [1.82, 2.24) is 0 Å². The molecule has 764 valence electrons. The van der Waals surface area contributed by atoms with Crippen molar-refractivity contribution in [3.8, 4) is 11.5 Å². The van der Waals surface area contributed by atoms with Crippen molar-refractivity contribution in [2.75, 3.05) is 0 Å². The molecule has 0 aliphatic heterocycles. The fourth-order valence-corrected chi connectivity index (χ4v) is 35.2. The van der Waals surface area contributed by atoms with E-state index in [1.54, 1.807) is 12.1 Å². The van der Waals surface area contributed by atoms with Gasteiger partial charge in [0.15, 0.2) is 17.3 Å². The van der Waals surface area contributed by atoms with E-state index in [9.17, 15) is 48.6 Å². The summed E-state index contributed by atoms with van der Waals surface area (Å²) in [6, 6.07) is 41.7. The smallest absolute Gasteiger partial charge is 0.343 e. The van der Waals surface area contributed by atoms with Crippen molar-refractivity contribution in [2.24, 2.45) is 126 Å². The number of carbonyl (C=O) groups excluding carboxylic acids is 8. The van der Waals surface area contributed by atoms with Crippen LogP contribution in [-0.2, 0) is 78.2 Å². The fraction of sp³-hybridized carbons (Fsp3) is 0.654. The molecule has 0 saturated heterocycles. The minimum absolute atomic E-state index is 0.00863. The van der Waals surface area contributed by atoms with Crippen molar-refractivity contribution in [2.45, 2.75) is 395 Å². The lowest BCUT2D eigenvalue weighted by molar-refractivity contribution is -0.160. The summed E-state index contributed by atoms with van der Waals surface area (Å²) in [5.74, 6) is 12.2. The number of rotatable bonds is 16. The monoisotopic (exact) mass is 1930 g/mol. The number of aliphatic hydroxyl groups excluding tert-OH is 1. The van der Waals surface area contributed by atoms with E-state index in [-0.39, 0.29) is 104 Å². The molecule has 0 heterocycles. The van der Waals surface area contributed by atoms with Gasteiger partial charge in [-0.25, -0.2) is 4.79 Å². The van der Waals surface area contributed by atoms with Crippen LogP contribution in [0.25, 0.3) is 0 Å². The van der Waals surface area contributed by atoms with Gasteiger partial charge in [0.05, 0.1) is 11.7 Å². The van der Waals surface area contributed by atoms with Crippen LogP contribution in [0.15, 0.2) is 162 Å². The zero-order valence-electron chi connectivity index (χ0n) is 87.6. The number of benzene rings is 5. The molecule has 0 radical (unpaired) electrons. The Labute approximate surface area is 847 Å². The predicted octanol–water partition coefficient (Wildman–Crippen LogP) is 27.7. The van der Waals surface area contributed by atoms with Gasteiger partial charge in [-0.05, 0) is 436 Å². The van der Waals surface area contributed by atoms with Crippen molar-refractivity contribution < 1.29 is 72.3 Å². The van der Waals surface area contributed by atoms with Crippen LogP contribution in [0.3, 0.4) is 0 Å². The van der Waals surface area contributed by atoms with E-state index in [4.69, 9.17) is 23.7 Å². The van der Waals surface area contributed by atoms with Gasteiger partial charge in [-0.3, -0.25) is 33.6 Å². The summed E-state index contributed by atoms with van der Waals surface area (Å²) in [4.78, 5) is 97.8. The second kappa shape index (κ2) is 41.6. The molecule has 2 N–H and O–H groups in total. The SMILES string of the molecule is CC(C)CCC(=O)O[C@H]1CC[C@H]2[C@@H]3CCC4=CC(=O)CC[C@]4(C)[C@H]3CC[C@]12C.CCC(=O)O[C@H]1CC[C@H]2[C@@H]3CCC4=CC(=O)CC[C@]4(C)[C@H]3CC[C@]12C.C[C@]12CCC3c4ccc(O)cc4CCC3C1CC[C@@H]2OC(=O)CCc1ccccc1.C[C@]12CCC3c4ccc(OC(=O)c5ccccc5)cc4CCC3C1CC[C@@H]2O.C[C@]12CC[C@H]3[C@@H](CCC4=CC(=O)CC[C@@]43C)[C@@H]1CC[C@@H]2OC(=O)CCc1ccccc1. The molecule has 0 amide bonds. The third-order valence-corrected chi connectivity index (χ3v) is 43.3. The minimum Gasteiger partial charge on any atom is -0.508 e. The van der Waals surface area contributed by atoms with Gasteiger partial charge >= 0.3 is 29.8 Å². The highest BCUT2D eigenvalue weighted by Crippen LogP contribution is 2.71. The number of phenolic OH excluding ortho intramolecular Hbond substituents is 1. The lowest BCUT2D eigenvalue weighted by atomic mass is 9.47. The normalized spacial score (nSPS) is 38.4. The highest BCUT2D eigenvalue weighted by molar-refractivity contribution is 5.93. The number of aryl methyl sites for hydroxylation is 4. The summed E-state index contributed by atoms with van der Waals surface area (Å²) in [6.07, 6.45) is 49.9. The highest BCUT2D eigenvalue weighted by atomic mass is 16.6. The van der Waals surface area contributed by atoms with Gasteiger partial charge in [0.2, 0.25) is 0 Å². The van der Waals surface area contributed by atoms with Gasteiger partial charge in [-0.15, -0.1) is 0 Å². The Hall–Kier alpha value is -8.56. The Morgan fingerprint density at radius 3 is 1.12 bits per heavy atom. The second-order valence-electron chi connectivity index (χ2n) is 50.5. The average molecular weight is 1930 g/mol. The molecule has 6 unspecified atom stereocenters. The molecule has 5 aromatic carbocycles. The van der Waals surface area contributed by atoms with Gasteiger partial charge in [-0.1, -0.05) is 184 Å². The molecular weight excluding hydrogens is 1770 g/mol. The number of hydrogen-bond donors (Lipinski definition) is 2. The highest BCUT2D eigenvalue weighted by Gasteiger charge is 2.65. The molecule has 13 saturated carbocycles. The zero-order valence-corrected chi connectivity index (χ0v) is 87.6. The van der Waals surface area contributed by atoms with E-state index in [1.165, 1.54) is 134 Å². The molecule has 0 bridgehead atoms. The third-order valence-electron chi connectivity index (χ3n) is 43.3. The fourth-order valence-electron chi connectivity index (χ4n) is 35.2. The Balaban J connectivity index is 0.000000113. The van der Waals surface area contributed by atoms with Gasteiger partial charge in [-0.2, -0.15) is 0 Å². The zero-order chi connectivity index (χ0) is 99.6. The molecule has 0 spiro atoms. The number of phenols is 1. The number of fused-ring (bicyclic) bond motifs is 25. The molecule has 23 rings (SSSR count). The first-order valence-corrected chi connectivity index (χ1v) is 56.6. The largest absolute Gasteiger partial charge is 0.508 e. The quantitative estimate of drug-likeness (QED) is 0.0532. The number of carbonyl (C=O) groups is 8. The predicted molar refractivity (Wildman–Crippen MR) is 555 cm³/mol. The molecule has 142 heavy (non-hydrogen) atoms. The van der Waals surface area contributed by atoms with Crippen LogP contribution < -0.4 is 4.74 Å². The molecule has 18 aliphatic carbocycles. The van der Waals surface area contributed by atoms with Crippen LogP contribution in [-0.4, -0.2) is 87.9 Å². The minimum atomic E-state index is -0.303. The van der Waals surface area contributed by atoms with Crippen molar-refractivity contribution in [3.05, 3.63) is 201 Å². The molecule has 15 nitrogen and oxygen atoms in total. The number of aliphatic hydroxyl groups is 1. The van der Waals surface area contributed by atoms with Crippen LogP contribution in [0.5, 0.6) is 11.5 Å². The number of hydrogen-bond acceptors (Lipinski definition) is 15. The third kappa shape index (κ3) is 19.8. The Bertz CT molecular complexity index is 5550. The summed E-state index contributed by atoms with van der Waals surface area (Å²) >= 11 is 0. The summed E-state index contributed by atoms with van der Waals surface area (Å²) in [5, 5.41) is 20.4. The number of aromatic hydroxyl groups is 1. The van der Waals surface area contributed by atoms with Crippen LogP contribution in [0.1, 0.15) is 382 Å². The molecule has 0 aromatic heterocycles. The summed E-state index contributed by atoms with van der Waals surface area (Å²) in [5.41, 5.74) is 14.1. The number of ether oxygens (including phenoxy) is 5. The van der Waals surface area contributed by atoms with Gasteiger partial charge in [0.1, 0.15) is 35.9 Å². The van der Waals surface area contributed by atoms with E-state index in [0.717, 1.165) is 172 Å². The van der Waals surface area contributed by atoms with E-state index >= 15 is 0 Å². The summed E-state index contributed by atoms with van der Waals surface area (Å²) in [6.45, 7) is 25.4. The summed E-state index contributed by atoms with van der Waals surface area (Å²) in [7, 11) is 0. The van der Waals surface area contributed by atoms with Crippen LogP contribution in [0.4, 0.5) is 0 Å². The van der Waals surface area contributed by atoms with E-state index < -0.39 is 0 Å². The standard InChI is InChI=1S/C28H36O3.C27H32O3.C25H28O3.C25H38O3.C22H32O3/c1-27-16-14-21(29)18-20(27)9-10-22-23-11-12-25(28(23,2)17-15-24(22)27)31-26(30)13-8-19-6-4-3-5-7-19;1-27-16-15-22-21-11-9-20(28)17-19(21)8-10-23(22)24(27)12-13-25(27)30-26(29)14-7-18-5-3-2-4-6-18;1-25-14-13-20-19-10-8-18(28-24(27)16-5-3-2-4-6-16)15-17(19)7-9-21(20)22(25)11-12-23(25)26;1-16(2)5-10-23(27)28-22-9-8-20-19-7-6-17-15-18(26)11-13-24(17,3)21(19)12-14-25(20,22)4;1-4-20(24)25-19-8-7-17-16-6-5-14-13-15(23)9-11-21(14,2)18(16)10-12-22(17,19)3/h3-7,18,22-25H,8-17H2,1-2H3;2-6,9,11,17,22-25,28H,7-8,10,12-16H2,1H3;2-6,8,10,15,20-23,26H,7,9,11-14H2,1H3;15-16,19-22H,5-14H2,1-4H3;13,16-19H,4-12H2,1-3H3/t22-,23-,24-,25-,27-,28-;22?,23?,24?,25-,27-;20?,21?,22?,23-,25-;19-,20-,21-,22-,24-,25-;16-,17-,18-,19-,21-,22-/m00000/s1. The molecule has 13 fully saturated rings. The van der Waals surface area contributed by atoms with Crippen LogP contribution in [0.2, 0.25) is 0 Å². The van der Waals surface area contributed by atoms with E-state index in [2.05, 4.69) is 112 Å². The average Bonchev–Trinajstić information content (AvgIpc) is 1.45. The Morgan fingerprint density at radius 1 is 0.352 bits per heavy atom. The van der Waals surface area contributed by atoms with Crippen LogP contribution >= 0.6 is 0 Å². The molecule has 15 heteroatoms. The summed E-state index contributed by atoms with van der Waals surface area (Å²) < 4.78 is 29.8. The van der Waals surface area contributed by atoms with Gasteiger partial charge in [0, 0.05) is 66.6 Å². The van der Waals surface area contributed by atoms with Crippen molar-refractivity contribution in [1.29, 1.82) is 0 Å². The lowest BCUT2D eigenvalue weighted by Gasteiger charge is -2.57.